The van der Waals surface area contributed by atoms with Gasteiger partial charge in [-0.25, -0.2) is 4.39 Å². The van der Waals surface area contributed by atoms with Gasteiger partial charge in [0.25, 0.3) is 0 Å². The Labute approximate surface area is 168 Å². The van der Waals surface area contributed by atoms with Crippen LogP contribution in [-0.4, -0.2) is 27.8 Å². The van der Waals surface area contributed by atoms with Crippen LogP contribution in [0, 0.1) is 12.7 Å². The Morgan fingerprint density at radius 1 is 1.03 bits per heavy atom. The molecule has 3 aromatic rings. The number of carbonyl (C=O) groups excluding carboxylic acids is 2. The van der Waals surface area contributed by atoms with E-state index < -0.39 is 0 Å². The summed E-state index contributed by atoms with van der Waals surface area (Å²) in [6.45, 7) is 3.11. The average molecular weight is 391 g/mol. The van der Waals surface area contributed by atoms with Gasteiger partial charge in [-0.15, -0.1) is 0 Å². The molecule has 0 radical (unpaired) electrons. The molecule has 6 heteroatoms. The summed E-state index contributed by atoms with van der Waals surface area (Å²) in [5, 5.41) is 2.77. The molecule has 0 fully saturated rings. The quantitative estimate of drug-likeness (QED) is 0.686. The monoisotopic (exact) mass is 391 g/mol. The second-order valence-electron chi connectivity index (χ2n) is 7.26. The molecule has 2 aromatic carbocycles. The topological polar surface area (TPSA) is 54.3 Å². The van der Waals surface area contributed by atoms with Crippen molar-refractivity contribution in [2.24, 2.45) is 0 Å². The van der Waals surface area contributed by atoms with E-state index in [-0.39, 0.29) is 30.1 Å². The van der Waals surface area contributed by atoms with Gasteiger partial charge in [-0.1, -0.05) is 29.8 Å². The minimum absolute atomic E-state index is 0.244. The Balaban J connectivity index is 1.53. The Morgan fingerprint density at radius 2 is 1.76 bits per heavy atom. The molecule has 0 unspecified atom stereocenters. The average Bonchev–Trinajstić information content (AvgIpc) is 3.18. The highest BCUT2D eigenvalue weighted by Crippen LogP contribution is 2.33. The normalized spacial score (nSPS) is 15.7. The second-order valence-corrected chi connectivity index (χ2v) is 7.26. The predicted molar refractivity (Wildman–Crippen MR) is 109 cm³/mol. The number of benzene rings is 2. The van der Waals surface area contributed by atoms with Crippen LogP contribution in [0.1, 0.15) is 29.3 Å². The van der Waals surface area contributed by atoms with E-state index in [2.05, 4.69) is 9.88 Å². The zero-order valence-corrected chi connectivity index (χ0v) is 16.1. The van der Waals surface area contributed by atoms with E-state index in [1.54, 1.807) is 17.0 Å². The maximum atomic E-state index is 13.4. The number of amides is 2. The number of carbonyl (C=O) groups is 2. The molecule has 0 aliphatic carbocycles. The van der Waals surface area contributed by atoms with Crippen molar-refractivity contribution in [2.75, 3.05) is 11.9 Å². The summed E-state index contributed by atoms with van der Waals surface area (Å²) >= 11 is 0. The van der Waals surface area contributed by atoms with Gasteiger partial charge >= 0.3 is 0 Å². The lowest BCUT2D eigenvalue weighted by atomic mass is 9.99. The first-order valence-corrected chi connectivity index (χ1v) is 9.58. The lowest BCUT2D eigenvalue weighted by Gasteiger charge is -2.37. The van der Waals surface area contributed by atoms with E-state index in [1.165, 1.54) is 12.1 Å². The van der Waals surface area contributed by atoms with Gasteiger partial charge in [0.2, 0.25) is 11.8 Å². The summed E-state index contributed by atoms with van der Waals surface area (Å²) in [5.41, 5.74) is 3.53. The van der Waals surface area contributed by atoms with Gasteiger partial charge in [-0.2, -0.15) is 0 Å². The van der Waals surface area contributed by atoms with Crippen molar-refractivity contribution in [1.29, 1.82) is 0 Å². The van der Waals surface area contributed by atoms with Gasteiger partial charge < -0.3 is 14.8 Å². The van der Waals surface area contributed by atoms with Crippen LogP contribution in [0.5, 0.6) is 0 Å². The molecule has 4 rings (SSSR count). The molecule has 1 aromatic heterocycles. The third kappa shape index (κ3) is 4.06. The van der Waals surface area contributed by atoms with Crippen molar-refractivity contribution >= 4 is 17.5 Å². The predicted octanol–water partition coefficient (Wildman–Crippen LogP) is 3.90. The largest absolute Gasteiger partial charge is 0.348 e. The zero-order valence-electron chi connectivity index (χ0n) is 16.1. The fourth-order valence-electron chi connectivity index (χ4n) is 3.73. The van der Waals surface area contributed by atoms with Crippen LogP contribution in [0.2, 0.25) is 0 Å². The molecule has 1 aliphatic rings. The minimum Gasteiger partial charge on any atom is -0.348 e. The number of hydrogen-bond donors (Lipinski definition) is 1. The number of hydrogen-bond acceptors (Lipinski definition) is 2. The number of anilines is 1. The van der Waals surface area contributed by atoms with Gasteiger partial charge in [0.1, 0.15) is 12.2 Å². The molecular formula is C23H22FN3O2. The lowest BCUT2D eigenvalue weighted by Crippen LogP contribution is -2.43. The first-order chi connectivity index (χ1) is 14.0. The number of nitrogens with one attached hydrogen (secondary N) is 1. The molecule has 0 saturated carbocycles. The van der Waals surface area contributed by atoms with Gasteiger partial charge in [-0.3, -0.25) is 9.59 Å². The van der Waals surface area contributed by atoms with Crippen molar-refractivity contribution in [3.8, 4) is 0 Å². The molecule has 1 atom stereocenters. The summed E-state index contributed by atoms with van der Waals surface area (Å²) in [7, 11) is 0. The summed E-state index contributed by atoms with van der Waals surface area (Å²) < 4.78 is 15.5. The van der Waals surface area contributed by atoms with Crippen molar-refractivity contribution in [2.45, 2.75) is 25.9 Å². The number of rotatable bonds is 4. The van der Waals surface area contributed by atoms with E-state index in [9.17, 15) is 14.0 Å². The van der Waals surface area contributed by atoms with Crippen LogP contribution >= 0.6 is 0 Å². The number of halogens is 1. The van der Waals surface area contributed by atoms with Crippen LogP contribution in [0.25, 0.3) is 0 Å². The third-order valence-electron chi connectivity index (χ3n) is 5.19. The highest BCUT2D eigenvalue weighted by Gasteiger charge is 2.32. The Kier molecular flexibility index (Phi) is 5.16. The first-order valence-electron chi connectivity index (χ1n) is 9.58. The third-order valence-corrected chi connectivity index (χ3v) is 5.19. The number of aromatic nitrogens is 1. The zero-order chi connectivity index (χ0) is 20.4. The second kappa shape index (κ2) is 7.91. The molecule has 5 nitrogen and oxygen atoms in total. The van der Waals surface area contributed by atoms with Crippen LogP contribution in [0.4, 0.5) is 10.1 Å². The molecule has 1 aliphatic heterocycles. The SMILES string of the molecule is Cc1ccc(NC(=O)CC(=O)N2CCn3cccc3[C@@H]2c2ccc(F)cc2)cc1. The first kappa shape index (κ1) is 18.9. The summed E-state index contributed by atoms with van der Waals surface area (Å²) in [4.78, 5) is 27.1. The van der Waals surface area contributed by atoms with Crippen molar-refractivity contribution in [1.82, 2.24) is 9.47 Å². The molecule has 0 spiro atoms. The van der Waals surface area contributed by atoms with E-state index in [0.29, 0.717) is 18.8 Å². The Hall–Kier alpha value is -3.41. The summed E-state index contributed by atoms with van der Waals surface area (Å²) in [6.07, 6.45) is 1.73. The highest BCUT2D eigenvalue weighted by atomic mass is 19.1. The van der Waals surface area contributed by atoms with Crippen LogP contribution < -0.4 is 5.32 Å². The smallest absolute Gasteiger partial charge is 0.233 e. The maximum absolute atomic E-state index is 13.4. The van der Waals surface area contributed by atoms with Gasteiger partial charge in [0.05, 0.1) is 6.04 Å². The summed E-state index contributed by atoms with van der Waals surface area (Å²) in [6, 6.07) is 17.1. The number of aryl methyl sites for hydroxylation is 1. The van der Waals surface area contributed by atoms with Crippen LogP contribution in [-0.2, 0) is 16.1 Å². The maximum Gasteiger partial charge on any atom is 0.233 e. The molecule has 0 bridgehead atoms. The standard InChI is InChI=1S/C23H22FN3O2/c1-16-4-10-19(11-5-16)25-21(28)15-22(29)27-14-13-26-12-2-3-20(26)23(27)17-6-8-18(24)9-7-17/h2-12,23H,13-15H2,1H3,(H,25,28)/t23-/m0/s1. The van der Waals surface area contributed by atoms with Gasteiger partial charge in [0, 0.05) is 30.7 Å². The minimum atomic E-state index is -0.349. The molecule has 29 heavy (non-hydrogen) atoms. The number of fused-ring (bicyclic) bond motifs is 1. The van der Waals surface area contributed by atoms with E-state index >= 15 is 0 Å². The van der Waals surface area contributed by atoms with Crippen molar-refractivity contribution < 1.29 is 14.0 Å². The van der Waals surface area contributed by atoms with E-state index in [4.69, 9.17) is 0 Å². The number of nitrogens with zero attached hydrogens (tertiary/aromatic N) is 2. The molecule has 0 saturated heterocycles. The van der Waals surface area contributed by atoms with E-state index in [0.717, 1.165) is 16.8 Å². The highest BCUT2D eigenvalue weighted by molar-refractivity contribution is 6.03. The van der Waals surface area contributed by atoms with E-state index in [1.807, 2.05) is 49.5 Å². The molecule has 148 valence electrons. The molecular weight excluding hydrogens is 369 g/mol. The Morgan fingerprint density at radius 3 is 2.48 bits per heavy atom. The fraction of sp³-hybridized carbons (Fsp3) is 0.217. The van der Waals surface area contributed by atoms with Crippen molar-refractivity contribution in [3.63, 3.8) is 0 Å². The van der Waals surface area contributed by atoms with Crippen LogP contribution in [0.15, 0.2) is 66.9 Å². The Bertz CT molecular complexity index is 1030. The molecule has 2 amide bonds. The van der Waals surface area contributed by atoms with Crippen LogP contribution in [0.3, 0.4) is 0 Å². The van der Waals surface area contributed by atoms with Gasteiger partial charge in [0.15, 0.2) is 0 Å². The lowest BCUT2D eigenvalue weighted by molar-refractivity contribution is -0.136. The molecule has 1 N–H and O–H groups in total. The fourth-order valence-corrected chi connectivity index (χ4v) is 3.73. The molecule has 2 heterocycles. The van der Waals surface area contributed by atoms with Gasteiger partial charge in [-0.05, 0) is 48.9 Å². The summed E-state index contributed by atoms with van der Waals surface area (Å²) in [5.74, 6) is -0.927. The van der Waals surface area contributed by atoms with Crippen molar-refractivity contribution in [3.05, 3.63) is 89.5 Å².